The molecule has 4 aromatic rings. The number of hydrogen-bond donors (Lipinski definition) is 0. The third kappa shape index (κ3) is 4.25. The van der Waals surface area contributed by atoms with Crippen LogP contribution >= 0.6 is 14.7 Å². The smallest absolute Gasteiger partial charge is 0.261 e. The number of hydrogen-bond acceptors (Lipinski definition) is 4. The molecule has 0 heterocycles. The van der Waals surface area contributed by atoms with E-state index in [2.05, 4.69) is 0 Å². The van der Waals surface area contributed by atoms with Gasteiger partial charge in [0.2, 0.25) is 0 Å². The molecule has 4 aromatic carbocycles. The van der Waals surface area contributed by atoms with E-state index >= 15 is 0 Å². The van der Waals surface area contributed by atoms with Crippen LogP contribution in [0.2, 0.25) is 0 Å². The highest BCUT2D eigenvalue weighted by atomic mass is 31.2. The average Bonchev–Trinajstić information content (AvgIpc) is 2.84. The SMILES string of the molecule is CCOP(=O)(c1ccccc1)c1ccc2ccc(P(=O)(OCC)c3ccccc3)cc2c1. The molecule has 0 bridgehead atoms. The van der Waals surface area contributed by atoms with Crippen molar-refractivity contribution in [1.82, 2.24) is 0 Å². The second kappa shape index (κ2) is 9.57. The molecule has 0 aromatic heterocycles. The van der Waals surface area contributed by atoms with Crippen molar-refractivity contribution in [1.29, 1.82) is 0 Å². The maximum Gasteiger partial charge on any atom is 0.261 e. The van der Waals surface area contributed by atoms with Crippen LogP contribution in [0.4, 0.5) is 0 Å². The third-order valence-corrected chi connectivity index (χ3v) is 10.4. The number of benzene rings is 4. The van der Waals surface area contributed by atoms with Crippen LogP contribution in [-0.2, 0) is 18.2 Å². The van der Waals surface area contributed by atoms with Gasteiger partial charge in [-0.05, 0) is 73.2 Å². The zero-order valence-electron chi connectivity index (χ0n) is 18.2. The van der Waals surface area contributed by atoms with Gasteiger partial charge in [-0.15, -0.1) is 0 Å². The summed E-state index contributed by atoms with van der Waals surface area (Å²) in [6, 6.07) is 29.9. The molecular formula is C26H26O4P2. The van der Waals surface area contributed by atoms with Gasteiger partial charge in [-0.3, -0.25) is 9.13 Å². The highest BCUT2D eigenvalue weighted by molar-refractivity contribution is 7.74. The van der Waals surface area contributed by atoms with Gasteiger partial charge in [0.15, 0.2) is 0 Å². The van der Waals surface area contributed by atoms with Gasteiger partial charge in [-0.2, -0.15) is 0 Å². The van der Waals surface area contributed by atoms with E-state index in [-0.39, 0.29) is 0 Å². The molecule has 32 heavy (non-hydrogen) atoms. The standard InChI is InChI=1S/C26H26O4P2/c1-3-29-31(27,23-11-7-5-8-12-23)25-17-15-21-16-18-26(20-22(21)19-25)32(28,30-4-2)24-13-9-6-10-14-24/h5-20H,3-4H2,1-2H3. The Labute approximate surface area is 189 Å². The molecule has 0 aliphatic carbocycles. The Morgan fingerprint density at radius 1 is 0.531 bits per heavy atom. The Morgan fingerprint density at radius 3 is 1.31 bits per heavy atom. The summed E-state index contributed by atoms with van der Waals surface area (Å²) < 4.78 is 39.6. The Kier molecular flexibility index (Phi) is 6.79. The topological polar surface area (TPSA) is 52.6 Å². The highest BCUT2D eigenvalue weighted by Gasteiger charge is 2.30. The van der Waals surface area contributed by atoms with Crippen LogP contribution in [0.1, 0.15) is 13.8 Å². The zero-order chi connectivity index (χ0) is 22.6. The summed E-state index contributed by atoms with van der Waals surface area (Å²) in [5.41, 5.74) is 0. The lowest BCUT2D eigenvalue weighted by molar-refractivity contribution is 0.347. The highest BCUT2D eigenvalue weighted by Crippen LogP contribution is 2.46. The summed E-state index contributed by atoms with van der Waals surface area (Å²) >= 11 is 0. The molecule has 2 unspecified atom stereocenters. The largest absolute Gasteiger partial charge is 0.322 e. The normalized spacial score (nSPS) is 15.2. The molecule has 164 valence electrons. The van der Waals surface area contributed by atoms with Crippen molar-refractivity contribution in [2.45, 2.75) is 13.8 Å². The Balaban J connectivity index is 1.86. The maximum atomic E-state index is 14.0. The van der Waals surface area contributed by atoms with Crippen LogP contribution in [-0.4, -0.2) is 13.2 Å². The Hall–Kier alpha value is -2.48. The first-order valence-corrected chi connectivity index (χ1v) is 13.9. The lowest BCUT2D eigenvalue weighted by Crippen LogP contribution is -2.19. The van der Waals surface area contributed by atoms with Crippen molar-refractivity contribution in [2.24, 2.45) is 0 Å². The van der Waals surface area contributed by atoms with Crippen molar-refractivity contribution < 1.29 is 18.2 Å². The first-order chi connectivity index (χ1) is 15.5. The van der Waals surface area contributed by atoms with Gasteiger partial charge < -0.3 is 9.05 Å². The second-order valence-electron chi connectivity index (χ2n) is 7.33. The summed E-state index contributed by atoms with van der Waals surface area (Å²) in [6.45, 7) is 4.34. The summed E-state index contributed by atoms with van der Waals surface area (Å²) in [6.07, 6.45) is 0. The molecule has 0 radical (unpaired) electrons. The van der Waals surface area contributed by atoms with Gasteiger partial charge in [0.1, 0.15) is 0 Å². The van der Waals surface area contributed by atoms with E-state index in [0.717, 1.165) is 10.8 Å². The van der Waals surface area contributed by atoms with Crippen LogP contribution in [0.3, 0.4) is 0 Å². The molecule has 0 saturated carbocycles. The van der Waals surface area contributed by atoms with Crippen molar-refractivity contribution in [2.75, 3.05) is 13.2 Å². The van der Waals surface area contributed by atoms with Crippen LogP contribution in [0.15, 0.2) is 97.1 Å². The quantitative estimate of drug-likeness (QED) is 0.329. The molecule has 0 amide bonds. The first kappa shape index (κ1) is 22.7. The predicted octanol–water partition coefficient (Wildman–Crippen LogP) is 5.37. The van der Waals surface area contributed by atoms with Gasteiger partial charge in [-0.1, -0.05) is 48.5 Å². The van der Waals surface area contributed by atoms with Crippen LogP contribution < -0.4 is 21.2 Å². The van der Waals surface area contributed by atoms with Gasteiger partial charge >= 0.3 is 0 Å². The minimum absolute atomic E-state index is 0.331. The molecule has 0 fully saturated rings. The third-order valence-electron chi connectivity index (χ3n) is 5.30. The minimum Gasteiger partial charge on any atom is -0.322 e. The second-order valence-corrected chi connectivity index (χ2v) is 12.1. The van der Waals surface area contributed by atoms with Gasteiger partial charge in [0.05, 0.1) is 13.2 Å². The minimum atomic E-state index is -3.26. The van der Waals surface area contributed by atoms with Crippen molar-refractivity contribution >= 4 is 46.7 Å². The van der Waals surface area contributed by atoms with Crippen molar-refractivity contribution in [3.63, 3.8) is 0 Å². The van der Waals surface area contributed by atoms with E-state index < -0.39 is 14.7 Å². The summed E-state index contributed by atoms with van der Waals surface area (Å²) in [4.78, 5) is 0. The van der Waals surface area contributed by atoms with Crippen LogP contribution in [0.25, 0.3) is 10.8 Å². The predicted molar refractivity (Wildman–Crippen MR) is 134 cm³/mol. The van der Waals surface area contributed by atoms with E-state index in [4.69, 9.17) is 9.05 Å². The van der Waals surface area contributed by atoms with Crippen molar-refractivity contribution in [3.05, 3.63) is 97.1 Å². The lowest BCUT2D eigenvalue weighted by atomic mass is 10.1. The van der Waals surface area contributed by atoms with Gasteiger partial charge in [-0.25, -0.2) is 0 Å². The van der Waals surface area contributed by atoms with E-state index in [1.165, 1.54) is 0 Å². The van der Waals surface area contributed by atoms with E-state index in [0.29, 0.717) is 34.4 Å². The van der Waals surface area contributed by atoms with Gasteiger partial charge in [0, 0.05) is 21.2 Å². The lowest BCUT2D eigenvalue weighted by Gasteiger charge is -2.20. The van der Waals surface area contributed by atoms with E-state index in [1.54, 1.807) is 0 Å². The fourth-order valence-electron chi connectivity index (χ4n) is 3.80. The summed E-state index contributed by atoms with van der Waals surface area (Å²) in [7, 11) is -6.51. The van der Waals surface area contributed by atoms with Crippen molar-refractivity contribution in [3.8, 4) is 0 Å². The fourth-order valence-corrected chi connectivity index (χ4v) is 8.00. The van der Waals surface area contributed by atoms with Crippen LogP contribution in [0.5, 0.6) is 0 Å². The van der Waals surface area contributed by atoms with Gasteiger partial charge in [0.25, 0.3) is 14.7 Å². The fraction of sp³-hybridized carbons (Fsp3) is 0.154. The molecule has 2 atom stereocenters. The molecule has 4 nitrogen and oxygen atoms in total. The molecule has 0 aliphatic heterocycles. The molecule has 6 heteroatoms. The Morgan fingerprint density at radius 2 is 0.938 bits per heavy atom. The zero-order valence-corrected chi connectivity index (χ0v) is 20.0. The van der Waals surface area contributed by atoms with Crippen LogP contribution in [0, 0.1) is 0 Å². The number of rotatable bonds is 8. The summed E-state index contributed by atoms with van der Waals surface area (Å²) in [5, 5.41) is 4.34. The van der Waals surface area contributed by atoms with E-state index in [1.807, 2.05) is 111 Å². The monoisotopic (exact) mass is 464 g/mol. The molecular weight excluding hydrogens is 438 g/mol. The van der Waals surface area contributed by atoms with E-state index in [9.17, 15) is 9.13 Å². The number of fused-ring (bicyclic) bond motifs is 1. The average molecular weight is 464 g/mol. The Bertz CT molecular complexity index is 1210. The molecule has 0 saturated heterocycles. The molecule has 4 rings (SSSR count). The molecule has 0 spiro atoms. The first-order valence-electron chi connectivity index (χ1n) is 10.7. The molecule has 0 N–H and O–H groups in total. The maximum absolute atomic E-state index is 14.0. The summed E-state index contributed by atoms with van der Waals surface area (Å²) in [5.74, 6) is 0. The molecule has 0 aliphatic rings.